The maximum atomic E-state index is 12.6. The summed E-state index contributed by atoms with van der Waals surface area (Å²) >= 11 is 0. The van der Waals surface area contributed by atoms with Crippen molar-refractivity contribution in [2.75, 3.05) is 26.4 Å². The van der Waals surface area contributed by atoms with Gasteiger partial charge in [-0.3, -0.25) is 18.6 Å². The molecule has 3 N–H and O–H groups in total. The second-order valence-corrected chi connectivity index (χ2v) is 16.8. The molecule has 11 heteroatoms. The minimum Gasteiger partial charge on any atom is -0.462 e. The van der Waals surface area contributed by atoms with E-state index in [1.807, 2.05) is 0 Å². The highest BCUT2D eigenvalue weighted by molar-refractivity contribution is 7.47. The highest BCUT2D eigenvalue weighted by Crippen LogP contribution is 2.46. The van der Waals surface area contributed by atoms with E-state index in [0.717, 1.165) is 43.9 Å². The molecule has 308 valence electrons. The smallest absolute Gasteiger partial charge is 0.462 e. The van der Waals surface area contributed by atoms with E-state index in [0.29, 0.717) is 12.8 Å². The number of hydrogen-bond donors (Lipinski definition) is 3. The Balaban J connectivity index is 2.25. The third-order valence-corrected chi connectivity index (χ3v) is 11.2. The zero-order chi connectivity index (χ0) is 38.1. The zero-order valence-corrected chi connectivity index (χ0v) is 34.2. The van der Waals surface area contributed by atoms with Crippen LogP contribution in [-0.4, -0.2) is 65.7 Å². The first-order chi connectivity index (χ1) is 25.2. The van der Waals surface area contributed by atoms with Crippen LogP contribution in [0.3, 0.4) is 0 Å². The highest BCUT2D eigenvalue weighted by atomic mass is 31.2. The van der Waals surface area contributed by atoms with Gasteiger partial charge >= 0.3 is 19.8 Å². The molecule has 0 aliphatic heterocycles. The molecule has 1 fully saturated rings. The van der Waals surface area contributed by atoms with Crippen LogP contribution in [0.1, 0.15) is 200 Å². The van der Waals surface area contributed by atoms with Crippen LogP contribution in [0.2, 0.25) is 0 Å². The lowest BCUT2D eigenvalue weighted by molar-refractivity contribution is -0.161. The Kier molecular flexibility index (Phi) is 31.4. The van der Waals surface area contributed by atoms with Crippen LogP contribution in [0.15, 0.2) is 0 Å². The van der Waals surface area contributed by atoms with E-state index < -0.39 is 51.8 Å². The van der Waals surface area contributed by atoms with Crippen LogP contribution in [0.25, 0.3) is 0 Å². The van der Waals surface area contributed by atoms with Crippen LogP contribution in [0, 0.1) is 11.8 Å². The molecule has 1 aliphatic carbocycles. The molecule has 0 aromatic rings. The van der Waals surface area contributed by atoms with Gasteiger partial charge < -0.3 is 24.6 Å². The van der Waals surface area contributed by atoms with E-state index in [-0.39, 0.29) is 19.4 Å². The standard InChI is InChI=1S/C41H79O10P/c1-3-5-7-9-11-12-13-14-15-16-17-21-25-29-40(44)48-34-39(35-50-52(46,47)49-33-38(43)32-42)51-41(45)30-26-22-18-20-24-28-37-31-36(37)27-23-19-10-8-6-4-2/h36-39,42-43H,3-35H2,1-2H3,(H,46,47). The second kappa shape index (κ2) is 33.3. The molecule has 5 atom stereocenters. The summed E-state index contributed by atoms with van der Waals surface area (Å²) in [5.74, 6) is 0.974. The predicted molar refractivity (Wildman–Crippen MR) is 208 cm³/mol. The van der Waals surface area contributed by atoms with Gasteiger partial charge in [0, 0.05) is 12.8 Å². The Morgan fingerprint density at radius 3 is 1.46 bits per heavy atom. The number of hydrogen-bond acceptors (Lipinski definition) is 9. The summed E-state index contributed by atoms with van der Waals surface area (Å²) < 4.78 is 32.7. The Bertz CT molecular complexity index is 903. The molecule has 1 saturated carbocycles. The molecule has 0 aromatic heterocycles. The monoisotopic (exact) mass is 763 g/mol. The number of rotatable bonds is 39. The van der Waals surface area contributed by atoms with Gasteiger partial charge in [0.1, 0.15) is 12.7 Å². The summed E-state index contributed by atoms with van der Waals surface area (Å²) in [6, 6.07) is 0. The topological polar surface area (TPSA) is 149 Å². The Morgan fingerprint density at radius 1 is 0.596 bits per heavy atom. The summed E-state index contributed by atoms with van der Waals surface area (Å²) in [6.07, 6.45) is 31.1. The van der Waals surface area contributed by atoms with Crippen molar-refractivity contribution < 1.29 is 47.8 Å². The second-order valence-electron chi connectivity index (χ2n) is 15.3. The lowest BCUT2D eigenvalue weighted by Gasteiger charge is -2.20. The van der Waals surface area contributed by atoms with Crippen LogP contribution in [0.5, 0.6) is 0 Å². The van der Waals surface area contributed by atoms with E-state index in [4.69, 9.17) is 23.6 Å². The van der Waals surface area contributed by atoms with Crippen molar-refractivity contribution in [2.24, 2.45) is 11.8 Å². The molecule has 0 spiro atoms. The van der Waals surface area contributed by atoms with Gasteiger partial charge in [-0.1, -0.05) is 168 Å². The van der Waals surface area contributed by atoms with Gasteiger partial charge in [-0.15, -0.1) is 0 Å². The number of carbonyl (C=O) groups excluding carboxylic acids is 2. The number of ether oxygens (including phenoxy) is 2. The fourth-order valence-corrected chi connectivity index (χ4v) is 7.55. The number of aliphatic hydroxyl groups excluding tert-OH is 2. The first-order valence-corrected chi connectivity index (χ1v) is 23.0. The van der Waals surface area contributed by atoms with E-state index >= 15 is 0 Å². The largest absolute Gasteiger partial charge is 0.472 e. The summed E-state index contributed by atoms with van der Waals surface area (Å²) in [5.41, 5.74) is 0. The fourth-order valence-electron chi connectivity index (χ4n) is 6.76. The highest BCUT2D eigenvalue weighted by Gasteiger charge is 2.35. The van der Waals surface area contributed by atoms with Crippen LogP contribution >= 0.6 is 7.82 Å². The molecule has 52 heavy (non-hydrogen) atoms. The minimum absolute atomic E-state index is 0.197. The van der Waals surface area contributed by atoms with Crippen molar-refractivity contribution in [2.45, 2.75) is 212 Å². The maximum absolute atomic E-state index is 12.6. The molecule has 0 radical (unpaired) electrons. The van der Waals surface area contributed by atoms with Gasteiger partial charge in [-0.05, 0) is 31.1 Å². The average molecular weight is 763 g/mol. The summed E-state index contributed by atoms with van der Waals surface area (Å²) in [6.45, 7) is 2.42. The van der Waals surface area contributed by atoms with Crippen molar-refractivity contribution in [3.8, 4) is 0 Å². The molecule has 0 aromatic carbocycles. The quantitative estimate of drug-likeness (QED) is 0.0314. The Labute approximate surface area is 317 Å². The molecular weight excluding hydrogens is 683 g/mol. The third kappa shape index (κ3) is 30.3. The zero-order valence-electron chi connectivity index (χ0n) is 33.3. The van der Waals surface area contributed by atoms with Gasteiger partial charge in [0.2, 0.25) is 0 Å². The van der Waals surface area contributed by atoms with Crippen LogP contribution in [-0.2, 0) is 32.7 Å². The van der Waals surface area contributed by atoms with Gasteiger partial charge in [-0.2, -0.15) is 0 Å². The van der Waals surface area contributed by atoms with Crippen LogP contribution in [0.4, 0.5) is 0 Å². The molecule has 0 amide bonds. The predicted octanol–water partition coefficient (Wildman–Crippen LogP) is 10.5. The van der Waals surface area contributed by atoms with Gasteiger partial charge in [0.25, 0.3) is 0 Å². The fraction of sp³-hybridized carbons (Fsp3) is 0.951. The SMILES string of the molecule is CCCCCCCCCCCCCCCC(=O)OCC(COP(=O)(O)OCC(O)CO)OC(=O)CCCCCCCC1CC1CCCCCCCC. The molecule has 0 bridgehead atoms. The van der Waals surface area contributed by atoms with E-state index in [2.05, 4.69) is 13.8 Å². The summed E-state index contributed by atoms with van der Waals surface area (Å²) in [7, 11) is -4.61. The summed E-state index contributed by atoms with van der Waals surface area (Å²) in [4.78, 5) is 35.0. The lowest BCUT2D eigenvalue weighted by atomic mass is 10.0. The molecule has 10 nitrogen and oxygen atoms in total. The first-order valence-electron chi connectivity index (χ1n) is 21.5. The van der Waals surface area contributed by atoms with Crippen molar-refractivity contribution in [1.29, 1.82) is 0 Å². The van der Waals surface area contributed by atoms with Crippen LogP contribution < -0.4 is 0 Å². The van der Waals surface area contributed by atoms with E-state index in [9.17, 15) is 24.2 Å². The van der Waals surface area contributed by atoms with Crippen molar-refractivity contribution >= 4 is 19.8 Å². The molecule has 1 rings (SSSR count). The number of unbranched alkanes of at least 4 members (excludes halogenated alkanes) is 21. The van der Waals surface area contributed by atoms with Gasteiger partial charge in [0.15, 0.2) is 6.10 Å². The molecular formula is C41H79O10P. The number of phosphoric acid groups is 1. The third-order valence-electron chi connectivity index (χ3n) is 10.2. The molecule has 5 unspecified atom stereocenters. The minimum atomic E-state index is -4.61. The molecule has 0 heterocycles. The maximum Gasteiger partial charge on any atom is 0.472 e. The number of aliphatic hydroxyl groups is 2. The average Bonchev–Trinajstić information content (AvgIpc) is 3.89. The van der Waals surface area contributed by atoms with E-state index in [1.165, 1.54) is 128 Å². The van der Waals surface area contributed by atoms with E-state index in [1.54, 1.807) is 0 Å². The van der Waals surface area contributed by atoms with Crippen molar-refractivity contribution in [1.82, 2.24) is 0 Å². The van der Waals surface area contributed by atoms with Gasteiger partial charge in [-0.25, -0.2) is 4.57 Å². The number of carbonyl (C=O) groups is 2. The van der Waals surface area contributed by atoms with Crippen molar-refractivity contribution in [3.05, 3.63) is 0 Å². The number of phosphoric ester groups is 1. The first kappa shape index (κ1) is 49.0. The number of esters is 2. The normalized spacial score (nSPS) is 17.8. The summed E-state index contributed by atoms with van der Waals surface area (Å²) in [5, 5.41) is 18.3. The lowest BCUT2D eigenvalue weighted by Crippen LogP contribution is -2.29. The molecule has 0 saturated heterocycles. The Morgan fingerprint density at radius 2 is 1.00 bits per heavy atom. The van der Waals surface area contributed by atoms with Gasteiger partial charge in [0.05, 0.1) is 19.8 Å². The Hall–Kier alpha value is -1.03. The van der Waals surface area contributed by atoms with Crippen molar-refractivity contribution in [3.63, 3.8) is 0 Å². The molecule has 1 aliphatic rings.